The smallest absolute Gasteiger partial charge is 0.126 e. The summed E-state index contributed by atoms with van der Waals surface area (Å²) >= 11 is 11.5. The third-order valence-electron chi connectivity index (χ3n) is 1.50. The maximum atomic E-state index is 12.7. The number of hydrogen-bond donors (Lipinski definition) is 1. The van der Waals surface area contributed by atoms with Crippen LogP contribution in [0.4, 0.5) is 4.39 Å². The molecular formula is C8H8Cl2FN. The van der Waals surface area contributed by atoms with Crippen molar-refractivity contribution in [1.82, 2.24) is 0 Å². The molecular weight excluding hydrogens is 200 g/mol. The SMILES string of the molecule is CC(N)c1c(Cl)cc(F)cc1Cl. The second-order valence-corrected chi connectivity index (χ2v) is 3.39. The van der Waals surface area contributed by atoms with E-state index in [2.05, 4.69) is 0 Å². The van der Waals surface area contributed by atoms with Crippen LogP contribution in [-0.4, -0.2) is 0 Å². The minimum atomic E-state index is -0.450. The predicted molar refractivity (Wildman–Crippen MR) is 49.0 cm³/mol. The molecule has 1 aromatic rings. The highest BCUT2D eigenvalue weighted by Gasteiger charge is 2.11. The zero-order valence-corrected chi connectivity index (χ0v) is 7.96. The van der Waals surface area contributed by atoms with Gasteiger partial charge in [-0.1, -0.05) is 23.2 Å². The van der Waals surface area contributed by atoms with E-state index < -0.39 is 5.82 Å². The summed E-state index contributed by atoms with van der Waals surface area (Å²) in [5.41, 5.74) is 6.16. The molecule has 0 spiro atoms. The molecule has 0 bridgehead atoms. The van der Waals surface area contributed by atoms with Crippen LogP contribution in [0.2, 0.25) is 10.0 Å². The number of benzene rings is 1. The number of hydrogen-bond acceptors (Lipinski definition) is 1. The maximum Gasteiger partial charge on any atom is 0.126 e. The second-order valence-electron chi connectivity index (χ2n) is 2.57. The number of nitrogens with two attached hydrogens (primary N) is 1. The molecule has 1 unspecified atom stereocenters. The van der Waals surface area contributed by atoms with Gasteiger partial charge in [-0.05, 0) is 19.1 Å². The molecule has 12 heavy (non-hydrogen) atoms. The maximum absolute atomic E-state index is 12.7. The first-order valence-corrected chi connectivity index (χ1v) is 4.18. The highest BCUT2D eigenvalue weighted by atomic mass is 35.5. The Balaban J connectivity index is 3.28. The van der Waals surface area contributed by atoms with Crippen molar-refractivity contribution in [2.45, 2.75) is 13.0 Å². The molecule has 0 aliphatic rings. The molecule has 2 N–H and O–H groups in total. The summed E-state index contributed by atoms with van der Waals surface area (Å²) in [4.78, 5) is 0. The first kappa shape index (κ1) is 9.78. The molecule has 4 heteroatoms. The van der Waals surface area contributed by atoms with Crippen molar-refractivity contribution in [2.24, 2.45) is 5.73 Å². The fourth-order valence-electron chi connectivity index (χ4n) is 0.988. The van der Waals surface area contributed by atoms with Gasteiger partial charge in [0.05, 0.1) is 0 Å². The Labute approximate surface area is 80.3 Å². The topological polar surface area (TPSA) is 26.0 Å². The quantitative estimate of drug-likeness (QED) is 0.753. The van der Waals surface area contributed by atoms with Crippen LogP contribution in [0.25, 0.3) is 0 Å². The normalized spacial score (nSPS) is 13.1. The minimum absolute atomic E-state index is 0.273. The largest absolute Gasteiger partial charge is 0.324 e. The first-order valence-electron chi connectivity index (χ1n) is 3.42. The minimum Gasteiger partial charge on any atom is -0.324 e. The lowest BCUT2D eigenvalue weighted by Gasteiger charge is -2.10. The van der Waals surface area contributed by atoms with Crippen LogP contribution in [0.15, 0.2) is 12.1 Å². The Morgan fingerprint density at radius 3 is 2.08 bits per heavy atom. The lowest BCUT2D eigenvalue weighted by atomic mass is 10.1. The van der Waals surface area contributed by atoms with Gasteiger partial charge in [-0.15, -0.1) is 0 Å². The summed E-state index contributed by atoms with van der Waals surface area (Å²) in [6.07, 6.45) is 0. The summed E-state index contributed by atoms with van der Waals surface area (Å²) in [5, 5.41) is 0.546. The standard InChI is InChI=1S/C8H8Cl2FN/c1-4(12)8-6(9)2-5(11)3-7(8)10/h2-4H,12H2,1H3. The Kier molecular flexibility index (Phi) is 2.94. The molecule has 1 atom stereocenters. The zero-order valence-electron chi connectivity index (χ0n) is 6.44. The van der Waals surface area contributed by atoms with Gasteiger partial charge in [-0.25, -0.2) is 4.39 Å². The van der Waals surface area contributed by atoms with E-state index in [4.69, 9.17) is 28.9 Å². The van der Waals surface area contributed by atoms with Gasteiger partial charge in [0.2, 0.25) is 0 Å². The molecule has 1 nitrogen and oxygen atoms in total. The van der Waals surface area contributed by atoms with E-state index in [1.165, 1.54) is 12.1 Å². The van der Waals surface area contributed by atoms with E-state index >= 15 is 0 Å². The van der Waals surface area contributed by atoms with Crippen molar-refractivity contribution in [2.75, 3.05) is 0 Å². The zero-order chi connectivity index (χ0) is 9.30. The summed E-state index contributed by atoms with van der Waals surface area (Å²) in [6, 6.07) is 2.11. The van der Waals surface area contributed by atoms with Crippen LogP contribution in [0.1, 0.15) is 18.5 Å². The molecule has 0 radical (unpaired) electrons. The molecule has 66 valence electrons. The summed E-state index contributed by atoms with van der Waals surface area (Å²) in [6.45, 7) is 1.74. The van der Waals surface area contributed by atoms with Gasteiger partial charge in [0.1, 0.15) is 5.82 Å². The van der Waals surface area contributed by atoms with E-state index in [1.54, 1.807) is 6.92 Å². The number of halogens is 3. The lowest BCUT2D eigenvalue weighted by Crippen LogP contribution is -2.06. The van der Waals surface area contributed by atoms with Gasteiger partial charge in [0.25, 0.3) is 0 Å². The molecule has 0 aromatic heterocycles. The van der Waals surface area contributed by atoms with E-state index in [-0.39, 0.29) is 16.1 Å². The van der Waals surface area contributed by atoms with Gasteiger partial charge in [0, 0.05) is 21.7 Å². The summed E-state index contributed by atoms with van der Waals surface area (Å²) < 4.78 is 12.7. The van der Waals surface area contributed by atoms with Crippen molar-refractivity contribution in [3.05, 3.63) is 33.6 Å². The Bertz CT molecular complexity index is 276. The van der Waals surface area contributed by atoms with E-state index in [0.29, 0.717) is 5.56 Å². The average Bonchev–Trinajstić information content (AvgIpc) is 1.82. The fourth-order valence-corrected chi connectivity index (χ4v) is 1.79. The van der Waals surface area contributed by atoms with Crippen molar-refractivity contribution in [3.8, 4) is 0 Å². The van der Waals surface area contributed by atoms with Crippen LogP contribution < -0.4 is 5.73 Å². The van der Waals surface area contributed by atoms with E-state index in [9.17, 15) is 4.39 Å². The summed E-state index contributed by atoms with van der Waals surface area (Å²) in [5.74, 6) is -0.450. The molecule has 0 aliphatic carbocycles. The van der Waals surface area contributed by atoms with Gasteiger partial charge < -0.3 is 5.73 Å². The van der Waals surface area contributed by atoms with Crippen molar-refractivity contribution < 1.29 is 4.39 Å². The van der Waals surface area contributed by atoms with Crippen LogP contribution in [0.3, 0.4) is 0 Å². The van der Waals surface area contributed by atoms with Crippen LogP contribution >= 0.6 is 23.2 Å². The van der Waals surface area contributed by atoms with Crippen LogP contribution in [0, 0.1) is 5.82 Å². The molecule has 0 fully saturated rings. The van der Waals surface area contributed by atoms with E-state index in [0.717, 1.165) is 0 Å². The van der Waals surface area contributed by atoms with Gasteiger partial charge in [-0.2, -0.15) is 0 Å². The average molecular weight is 208 g/mol. The second kappa shape index (κ2) is 3.60. The lowest BCUT2D eigenvalue weighted by molar-refractivity contribution is 0.626. The third-order valence-corrected chi connectivity index (χ3v) is 2.12. The monoisotopic (exact) mass is 207 g/mol. The fraction of sp³-hybridized carbons (Fsp3) is 0.250. The molecule has 1 rings (SSSR count). The molecule has 1 aromatic carbocycles. The molecule has 0 saturated carbocycles. The van der Waals surface area contributed by atoms with Crippen LogP contribution in [-0.2, 0) is 0 Å². The van der Waals surface area contributed by atoms with Crippen LogP contribution in [0.5, 0.6) is 0 Å². The third kappa shape index (κ3) is 1.89. The molecule has 0 heterocycles. The van der Waals surface area contributed by atoms with Crippen molar-refractivity contribution in [3.63, 3.8) is 0 Å². The van der Waals surface area contributed by atoms with Gasteiger partial charge in [0.15, 0.2) is 0 Å². The highest BCUT2D eigenvalue weighted by molar-refractivity contribution is 6.36. The molecule has 0 aliphatic heterocycles. The predicted octanol–water partition coefficient (Wildman–Crippen LogP) is 3.15. The van der Waals surface area contributed by atoms with Gasteiger partial charge >= 0.3 is 0 Å². The van der Waals surface area contributed by atoms with Gasteiger partial charge in [-0.3, -0.25) is 0 Å². The van der Waals surface area contributed by atoms with Crippen molar-refractivity contribution in [1.29, 1.82) is 0 Å². The van der Waals surface area contributed by atoms with Crippen molar-refractivity contribution >= 4 is 23.2 Å². The first-order chi connectivity index (χ1) is 5.52. The molecule has 0 amide bonds. The highest BCUT2D eigenvalue weighted by Crippen LogP contribution is 2.29. The Morgan fingerprint density at radius 2 is 1.75 bits per heavy atom. The van der Waals surface area contributed by atoms with E-state index in [1.807, 2.05) is 0 Å². The molecule has 0 saturated heterocycles. The Hall–Kier alpha value is -0.310. The number of rotatable bonds is 1. The Morgan fingerprint density at radius 1 is 1.33 bits per heavy atom. The summed E-state index contributed by atoms with van der Waals surface area (Å²) in [7, 11) is 0.